The second-order valence-electron chi connectivity index (χ2n) is 6.31. The molecular formula is C18H23N5O. The fourth-order valence-corrected chi connectivity index (χ4v) is 3.11. The summed E-state index contributed by atoms with van der Waals surface area (Å²) in [6.07, 6.45) is 8.00. The molecule has 0 unspecified atom stereocenters. The maximum absolute atomic E-state index is 12.7. The molecule has 1 aliphatic heterocycles. The third-order valence-corrected chi connectivity index (χ3v) is 4.66. The molecule has 3 heterocycles. The van der Waals surface area contributed by atoms with Crippen LogP contribution in [0.25, 0.3) is 0 Å². The molecule has 6 heteroatoms. The monoisotopic (exact) mass is 325 g/mol. The molecule has 6 nitrogen and oxygen atoms in total. The number of aromatic nitrogens is 3. The summed E-state index contributed by atoms with van der Waals surface area (Å²) in [7, 11) is 2.07. The van der Waals surface area contributed by atoms with Crippen molar-refractivity contribution in [2.24, 2.45) is 0 Å². The van der Waals surface area contributed by atoms with E-state index in [2.05, 4.69) is 26.9 Å². The van der Waals surface area contributed by atoms with E-state index in [1.165, 1.54) is 0 Å². The fraction of sp³-hybridized carbons (Fsp3) is 0.444. The minimum Gasteiger partial charge on any atom is -0.341 e. The third kappa shape index (κ3) is 3.76. The number of nitrogens with zero attached hydrogens (tertiary/aromatic N) is 5. The van der Waals surface area contributed by atoms with Crippen molar-refractivity contribution < 1.29 is 4.79 Å². The molecule has 0 N–H and O–H groups in total. The topological polar surface area (TPSA) is 62.2 Å². The van der Waals surface area contributed by atoms with Gasteiger partial charge in [-0.05, 0) is 38.1 Å². The maximum atomic E-state index is 12.7. The second-order valence-corrected chi connectivity index (χ2v) is 6.31. The summed E-state index contributed by atoms with van der Waals surface area (Å²) in [6.45, 7) is 4.21. The van der Waals surface area contributed by atoms with Gasteiger partial charge in [0.2, 0.25) is 5.91 Å². The van der Waals surface area contributed by atoms with Crippen LogP contribution in [0.3, 0.4) is 0 Å². The number of amides is 1. The van der Waals surface area contributed by atoms with Crippen molar-refractivity contribution in [3.8, 4) is 0 Å². The van der Waals surface area contributed by atoms with Crippen molar-refractivity contribution in [3.63, 3.8) is 0 Å². The Morgan fingerprint density at radius 3 is 2.83 bits per heavy atom. The Hall–Kier alpha value is -2.34. The van der Waals surface area contributed by atoms with E-state index in [0.717, 1.165) is 30.9 Å². The van der Waals surface area contributed by atoms with E-state index in [1.54, 1.807) is 24.8 Å². The molecule has 2 aromatic heterocycles. The summed E-state index contributed by atoms with van der Waals surface area (Å²) in [4.78, 5) is 29.6. The van der Waals surface area contributed by atoms with Gasteiger partial charge in [-0.1, -0.05) is 6.07 Å². The lowest BCUT2D eigenvalue weighted by molar-refractivity contribution is -0.131. The van der Waals surface area contributed by atoms with Crippen molar-refractivity contribution in [2.75, 3.05) is 20.1 Å². The van der Waals surface area contributed by atoms with E-state index in [4.69, 9.17) is 0 Å². The number of hydrogen-bond acceptors (Lipinski definition) is 5. The number of rotatable bonds is 5. The smallest absolute Gasteiger partial charge is 0.229 e. The summed E-state index contributed by atoms with van der Waals surface area (Å²) in [5, 5.41) is 0. The molecule has 0 saturated carbocycles. The van der Waals surface area contributed by atoms with Gasteiger partial charge in [0.15, 0.2) is 0 Å². The molecule has 0 bridgehead atoms. The number of likely N-dealkylation sites (tertiary alicyclic amines) is 1. The normalized spacial score (nSPS) is 18.8. The van der Waals surface area contributed by atoms with Crippen LogP contribution in [-0.4, -0.2) is 56.8 Å². The Labute approximate surface area is 142 Å². The lowest BCUT2D eigenvalue weighted by atomic mass is 10.0. The van der Waals surface area contributed by atoms with Gasteiger partial charge in [-0.15, -0.1) is 0 Å². The minimum atomic E-state index is -0.153. The molecule has 126 valence electrons. The Balaban J connectivity index is 1.57. The first-order valence-electron chi connectivity index (χ1n) is 8.30. The molecule has 1 saturated heterocycles. The molecular weight excluding hydrogens is 302 g/mol. The third-order valence-electron chi connectivity index (χ3n) is 4.66. The molecule has 24 heavy (non-hydrogen) atoms. The zero-order valence-electron chi connectivity index (χ0n) is 14.2. The summed E-state index contributed by atoms with van der Waals surface area (Å²) < 4.78 is 0. The van der Waals surface area contributed by atoms with Crippen molar-refractivity contribution in [3.05, 3.63) is 54.4 Å². The second kappa shape index (κ2) is 7.49. The Bertz CT molecular complexity index is 664. The standard InChI is InChI=1S/C18H23N5O/c1-14(15-5-3-7-19-11-15)18(24)23-10-6-16(12-23)22(2)13-17-20-8-4-9-21-17/h3-5,7-9,11,14,16H,6,10,12-13H2,1-2H3/t14-,16+/m1/s1. The largest absolute Gasteiger partial charge is 0.341 e. The van der Waals surface area contributed by atoms with Gasteiger partial charge in [0, 0.05) is 43.9 Å². The van der Waals surface area contributed by atoms with E-state index >= 15 is 0 Å². The van der Waals surface area contributed by atoms with Crippen LogP contribution in [0, 0.1) is 0 Å². The highest BCUT2D eigenvalue weighted by Crippen LogP contribution is 2.22. The van der Waals surface area contributed by atoms with Crippen LogP contribution in [0.1, 0.15) is 30.7 Å². The molecule has 1 fully saturated rings. The number of carbonyl (C=O) groups is 1. The van der Waals surface area contributed by atoms with Crippen molar-refractivity contribution in [2.45, 2.75) is 31.8 Å². The molecule has 3 rings (SSSR count). The molecule has 0 radical (unpaired) electrons. The van der Waals surface area contributed by atoms with Crippen LogP contribution in [0.4, 0.5) is 0 Å². The zero-order chi connectivity index (χ0) is 16.9. The van der Waals surface area contributed by atoms with E-state index in [9.17, 15) is 4.79 Å². The first-order valence-corrected chi connectivity index (χ1v) is 8.30. The van der Waals surface area contributed by atoms with E-state index in [-0.39, 0.29) is 11.8 Å². The quantitative estimate of drug-likeness (QED) is 0.837. The van der Waals surface area contributed by atoms with Crippen LogP contribution in [0.5, 0.6) is 0 Å². The van der Waals surface area contributed by atoms with Crippen LogP contribution in [0.15, 0.2) is 43.0 Å². The number of likely N-dealkylation sites (N-methyl/N-ethyl adjacent to an activating group) is 1. The lowest BCUT2D eigenvalue weighted by Gasteiger charge is -2.25. The summed E-state index contributed by atoms with van der Waals surface area (Å²) in [5.41, 5.74) is 0.969. The van der Waals surface area contributed by atoms with Gasteiger partial charge >= 0.3 is 0 Å². The Morgan fingerprint density at radius 1 is 1.33 bits per heavy atom. The zero-order valence-corrected chi connectivity index (χ0v) is 14.2. The number of pyridine rings is 1. The van der Waals surface area contributed by atoms with Gasteiger partial charge in [-0.25, -0.2) is 9.97 Å². The summed E-state index contributed by atoms with van der Waals surface area (Å²) in [5.74, 6) is 0.837. The SMILES string of the molecule is C[C@@H](C(=O)N1CC[C@H](N(C)Cc2ncccn2)C1)c1cccnc1. The predicted octanol–water partition coefficient (Wildman–Crippen LogP) is 1.71. The highest BCUT2D eigenvalue weighted by molar-refractivity contribution is 5.83. The molecule has 0 aromatic carbocycles. The summed E-state index contributed by atoms with van der Waals surface area (Å²) >= 11 is 0. The van der Waals surface area contributed by atoms with Gasteiger partial charge in [-0.2, -0.15) is 0 Å². The van der Waals surface area contributed by atoms with Crippen molar-refractivity contribution in [1.82, 2.24) is 24.8 Å². The van der Waals surface area contributed by atoms with E-state index in [1.807, 2.05) is 30.0 Å². The van der Waals surface area contributed by atoms with Crippen molar-refractivity contribution >= 4 is 5.91 Å². The first kappa shape index (κ1) is 16.5. The summed E-state index contributed by atoms with van der Waals surface area (Å²) in [6, 6.07) is 6.00. The van der Waals surface area contributed by atoms with E-state index < -0.39 is 0 Å². The van der Waals surface area contributed by atoms with E-state index in [0.29, 0.717) is 12.6 Å². The van der Waals surface area contributed by atoms with Gasteiger partial charge in [0.1, 0.15) is 5.82 Å². The molecule has 1 aliphatic rings. The van der Waals surface area contributed by atoms with Crippen molar-refractivity contribution in [1.29, 1.82) is 0 Å². The van der Waals surface area contributed by atoms with Crippen LogP contribution < -0.4 is 0 Å². The van der Waals surface area contributed by atoms with Crippen LogP contribution in [-0.2, 0) is 11.3 Å². The average Bonchev–Trinajstić information content (AvgIpc) is 3.12. The lowest BCUT2D eigenvalue weighted by Crippen LogP contribution is -2.37. The van der Waals surface area contributed by atoms with Crippen LogP contribution >= 0.6 is 0 Å². The molecule has 2 aromatic rings. The van der Waals surface area contributed by atoms with Crippen LogP contribution in [0.2, 0.25) is 0 Å². The van der Waals surface area contributed by atoms with Gasteiger partial charge in [-0.3, -0.25) is 14.7 Å². The molecule has 0 spiro atoms. The van der Waals surface area contributed by atoms with Gasteiger partial charge < -0.3 is 4.90 Å². The number of hydrogen-bond donors (Lipinski definition) is 0. The minimum absolute atomic E-state index is 0.153. The highest BCUT2D eigenvalue weighted by Gasteiger charge is 2.31. The van der Waals surface area contributed by atoms with Gasteiger partial charge in [0.05, 0.1) is 12.5 Å². The average molecular weight is 325 g/mol. The maximum Gasteiger partial charge on any atom is 0.229 e. The predicted molar refractivity (Wildman–Crippen MR) is 91.1 cm³/mol. The molecule has 0 aliphatic carbocycles. The Kier molecular flexibility index (Phi) is 5.15. The molecule has 1 amide bonds. The van der Waals surface area contributed by atoms with Gasteiger partial charge in [0.25, 0.3) is 0 Å². The fourth-order valence-electron chi connectivity index (χ4n) is 3.11. The first-order chi connectivity index (χ1) is 11.6. The molecule has 2 atom stereocenters. The number of carbonyl (C=O) groups excluding carboxylic acids is 1. The highest BCUT2D eigenvalue weighted by atomic mass is 16.2. The Morgan fingerprint density at radius 2 is 2.12 bits per heavy atom.